The van der Waals surface area contributed by atoms with Gasteiger partial charge in [-0.25, -0.2) is 0 Å². The molecule has 3 rings (SSSR count). The molecule has 1 aliphatic carbocycles. The fraction of sp³-hybridized carbons (Fsp3) is 0.400. The average Bonchev–Trinajstić information content (AvgIpc) is 3.34. The quantitative estimate of drug-likeness (QED) is 0.693. The van der Waals surface area contributed by atoms with E-state index in [1.807, 2.05) is 37.3 Å². The van der Waals surface area contributed by atoms with Gasteiger partial charge in [-0.05, 0) is 67.9 Å². The molecule has 138 valence electrons. The van der Waals surface area contributed by atoms with E-state index < -0.39 is 0 Å². The van der Waals surface area contributed by atoms with Crippen molar-refractivity contribution in [2.45, 2.75) is 32.7 Å². The largest absolute Gasteiger partial charge is 0.345 e. The molecule has 5 nitrogen and oxygen atoms in total. The molecule has 0 unspecified atom stereocenters. The summed E-state index contributed by atoms with van der Waals surface area (Å²) in [7, 11) is 1.79. The highest BCUT2D eigenvalue weighted by atomic mass is 79.9. The Morgan fingerprint density at radius 2 is 1.92 bits per heavy atom. The predicted molar refractivity (Wildman–Crippen MR) is 107 cm³/mol. The SMILES string of the molecule is Cc1cc(C(=O)CN(C)CC(=O)Nc2ccccc2Br)c(C)n1C1CC1. The van der Waals surface area contributed by atoms with Gasteiger partial charge in [0.1, 0.15) is 0 Å². The standard InChI is InChI=1S/C20H24BrN3O2/c1-13-10-16(14(2)24(13)15-8-9-15)19(25)11-23(3)12-20(26)22-18-7-5-4-6-17(18)21/h4-7,10,15H,8-9,11-12H2,1-3H3,(H,22,26). The fourth-order valence-electron chi connectivity index (χ4n) is 3.34. The number of ketones is 1. The average molecular weight is 418 g/mol. The summed E-state index contributed by atoms with van der Waals surface area (Å²) in [6.07, 6.45) is 2.39. The Hall–Kier alpha value is -1.92. The van der Waals surface area contributed by atoms with Crippen LogP contribution in [0.3, 0.4) is 0 Å². The molecule has 0 radical (unpaired) electrons. The lowest BCUT2D eigenvalue weighted by molar-refractivity contribution is -0.116. The third-order valence-corrected chi connectivity index (χ3v) is 5.36. The van der Waals surface area contributed by atoms with Crippen molar-refractivity contribution in [3.63, 3.8) is 0 Å². The Labute approximate surface area is 162 Å². The summed E-state index contributed by atoms with van der Waals surface area (Å²) in [5.41, 5.74) is 3.68. The molecule has 1 amide bonds. The highest BCUT2D eigenvalue weighted by molar-refractivity contribution is 9.10. The second kappa shape index (κ2) is 7.76. The number of Topliss-reactive ketones (excluding diaryl/α,β-unsaturated/α-hetero) is 1. The van der Waals surface area contributed by atoms with Crippen LogP contribution in [0.15, 0.2) is 34.8 Å². The number of aryl methyl sites for hydroxylation is 1. The van der Waals surface area contributed by atoms with E-state index in [2.05, 4.69) is 32.7 Å². The van der Waals surface area contributed by atoms with Crippen LogP contribution in [0.5, 0.6) is 0 Å². The van der Waals surface area contributed by atoms with Gasteiger partial charge in [-0.3, -0.25) is 14.5 Å². The van der Waals surface area contributed by atoms with Crippen LogP contribution in [0.4, 0.5) is 5.69 Å². The number of likely N-dealkylation sites (N-methyl/N-ethyl adjacent to an activating group) is 1. The number of hydrogen-bond acceptors (Lipinski definition) is 3. The topological polar surface area (TPSA) is 54.3 Å². The molecule has 0 atom stereocenters. The lowest BCUT2D eigenvalue weighted by Crippen LogP contribution is -2.34. The van der Waals surface area contributed by atoms with E-state index in [0.717, 1.165) is 27.1 Å². The molecule has 1 aromatic carbocycles. The number of hydrogen-bond donors (Lipinski definition) is 1. The summed E-state index contributed by atoms with van der Waals surface area (Å²) < 4.78 is 3.10. The van der Waals surface area contributed by atoms with Crippen LogP contribution in [0, 0.1) is 13.8 Å². The molecule has 1 aromatic heterocycles. The van der Waals surface area contributed by atoms with Gasteiger partial charge in [0.2, 0.25) is 5.91 Å². The summed E-state index contributed by atoms with van der Waals surface area (Å²) >= 11 is 3.41. The number of carbonyl (C=O) groups is 2. The summed E-state index contributed by atoms with van der Waals surface area (Å²) in [5.74, 6) is -0.0863. The molecule has 0 spiro atoms. The number of nitrogens with zero attached hydrogens (tertiary/aromatic N) is 2. The maximum absolute atomic E-state index is 12.7. The molecule has 0 saturated heterocycles. The third kappa shape index (κ3) is 4.24. The zero-order valence-electron chi connectivity index (χ0n) is 15.4. The van der Waals surface area contributed by atoms with Gasteiger partial charge in [-0.1, -0.05) is 12.1 Å². The molecular formula is C20H24BrN3O2. The minimum absolute atomic E-state index is 0.0567. The molecule has 2 aromatic rings. The van der Waals surface area contributed by atoms with Gasteiger partial charge in [0.25, 0.3) is 0 Å². The van der Waals surface area contributed by atoms with Crippen molar-refractivity contribution in [3.05, 3.63) is 51.8 Å². The van der Waals surface area contributed by atoms with Crippen molar-refractivity contribution >= 4 is 33.3 Å². The highest BCUT2D eigenvalue weighted by Gasteiger charge is 2.28. The Bertz CT molecular complexity index is 840. The number of aromatic nitrogens is 1. The minimum Gasteiger partial charge on any atom is -0.345 e. The van der Waals surface area contributed by atoms with Crippen LogP contribution >= 0.6 is 15.9 Å². The predicted octanol–water partition coefficient (Wildman–Crippen LogP) is 3.96. The third-order valence-electron chi connectivity index (χ3n) is 4.67. The summed E-state index contributed by atoms with van der Waals surface area (Å²) in [6, 6.07) is 10.00. The van der Waals surface area contributed by atoms with Gasteiger partial charge in [-0.15, -0.1) is 0 Å². The second-order valence-electron chi connectivity index (χ2n) is 7.01. The van der Waals surface area contributed by atoms with Crippen LogP contribution in [0.2, 0.25) is 0 Å². The molecule has 1 N–H and O–H groups in total. The monoisotopic (exact) mass is 417 g/mol. The van der Waals surface area contributed by atoms with Gasteiger partial charge in [0.15, 0.2) is 5.78 Å². The molecule has 0 aliphatic heterocycles. The van der Waals surface area contributed by atoms with Gasteiger partial charge in [0, 0.05) is 27.5 Å². The summed E-state index contributed by atoms with van der Waals surface area (Å²) in [5, 5.41) is 2.86. The second-order valence-corrected chi connectivity index (χ2v) is 7.86. The molecule has 1 aliphatic rings. The van der Waals surface area contributed by atoms with Crippen molar-refractivity contribution in [3.8, 4) is 0 Å². The van der Waals surface area contributed by atoms with E-state index in [1.165, 1.54) is 12.8 Å². The number of para-hydroxylation sites is 1. The Balaban J connectivity index is 1.58. The van der Waals surface area contributed by atoms with Crippen LogP contribution in [0.1, 0.15) is 40.6 Å². The van der Waals surface area contributed by atoms with Crippen molar-refractivity contribution < 1.29 is 9.59 Å². The first-order valence-electron chi connectivity index (χ1n) is 8.81. The lowest BCUT2D eigenvalue weighted by Gasteiger charge is -2.16. The van der Waals surface area contributed by atoms with E-state index in [1.54, 1.807) is 11.9 Å². The normalized spacial score (nSPS) is 13.9. The van der Waals surface area contributed by atoms with Crippen LogP contribution in [0.25, 0.3) is 0 Å². The molecule has 1 heterocycles. The molecule has 26 heavy (non-hydrogen) atoms. The van der Waals surface area contributed by atoms with Gasteiger partial charge in [-0.2, -0.15) is 0 Å². The molecule has 1 saturated carbocycles. The first-order valence-corrected chi connectivity index (χ1v) is 9.60. The number of amides is 1. The van der Waals surface area contributed by atoms with Crippen LogP contribution in [-0.2, 0) is 4.79 Å². The zero-order chi connectivity index (χ0) is 18.8. The van der Waals surface area contributed by atoms with E-state index >= 15 is 0 Å². The number of halogens is 1. The van der Waals surface area contributed by atoms with Gasteiger partial charge in [0.05, 0.1) is 18.8 Å². The fourth-order valence-corrected chi connectivity index (χ4v) is 3.72. The highest BCUT2D eigenvalue weighted by Crippen LogP contribution is 2.38. The van der Waals surface area contributed by atoms with Gasteiger partial charge >= 0.3 is 0 Å². The first kappa shape index (κ1) is 18.9. The van der Waals surface area contributed by atoms with Crippen molar-refractivity contribution in [2.75, 3.05) is 25.5 Å². The van der Waals surface area contributed by atoms with E-state index in [4.69, 9.17) is 0 Å². The summed E-state index contributed by atoms with van der Waals surface area (Å²) in [4.78, 5) is 26.7. The minimum atomic E-state index is -0.143. The zero-order valence-corrected chi connectivity index (χ0v) is 17.0. The van der Waals surface area contributed by atoms with Crippen LogP contribution < -0.4 is 5.32 Å². The van der Waals surface area contributed by atoms with Crippen molar-refractivity contribution in [1.29, 1.82) is 0 Å². The number of carbonyl (C=O) groups excluding carboxylic acids is 2. The number of nitrogens with one attached hydrogen (secondary N) is 1. The molecule has 1 fully saturated rings. The summed E-state index contributed by atoms with van der Waals surface area (Å²) in [6.45, 7) is 4.45. The maximum Gasteiger partial charge on any atom is 0.238 e. The number of rotatable bonds is 7. The first-order chi connectivity index (χ1) is 12.4. The van der Waals surface area contributed by atoms with Gasteiger partial charge < -0.3 is 9.88 Å². The van der Waals surface area contributed by atoms with E-state index in [-0.39, 0.29) is 24.8 Å². The molecule has 0 bridgehead atoms. The Morgan fingerprint density at radius 1 is 1.23 bits per heavy atom. The van der Waals surface area contributed by atoms with E-state index in [0.29, 0.717) is 6.04 Å². The molecular weight excluding hydrogens is 394 g/mol. The Kier molecular flexibility index (Phi) is 5.63. The maximum atomic E-state index is 12.7. The number of anilines is 1. The van der Waals surface area contributed by atoms with E-state index in [9.17, 15) is 9.59 Å². The number of benzene rings is 1. The smallest absolute Gasteiger partial charge is 0.238 e. The van der Waals surface area contributed by atoms with Crippen molar-refractivity contribution in [2.24, 2.45) is 0 Å². The Morgan fingerprint density at radius 3 is 2.58 bits per heavy atom. The lowest BCUT2D eigenvalue weighted by atomic mass is 10.1. The molecule has 6 heteroatoms. The van der Waals surface area contributed by atoms with Crippen LogP contribution in [-0.4, -0.2) is 41.3 Å². The van der Waals surface area contributed by atoms with Crippen molar-refractivity contribution in [1.82, 2.24) is 9.47 Å².